The Bertz CT molecular complexity index is 136. The van der Waals surface area contributed by atoms with Crippen molar-refractivity contribution in [1.29, 1.82) is 0 Å². The van der Waals surface area contributed by atoms with Crippen LogP contribution in [0.15, 0.2) is 11.8 Å². The lowest BCUT2D eigenvalue weighted by Gasteiger charge is -2.06. The van der Waals surface area contributed by atoms with Crippen LogP contribution < -0.4 is 5.32 Å². The molecule has 4 heteroatoms. The van der Waals surface area contributed by atoms with Crippen molar-refractivity contribution in [2.24, 2.45) is 0 Å². The third kappa shape index (κ3) is 1.37. The Morgan fingerprint density at radius 1 is 1.44 bits per heavy atom. The largest absolute Gasteiger partial charge is 0.430 e. The van der Waals surface area contributed by atoms with Gasteiger partial charge < -0.3 is 5.32 Å². The predicted molar refractivity (Wildman–Crippen MR) is 26.8 cm³/mol. The zero-order valence-electron chi connectivity index (χ0n) is 4.63. The van der Waals surface area contributed by atoms with Gasteiger partial charge in [-0.15, -0.1) is 0 Å². The van der Waals surface area contributed by atoms with E-state index >= 15 is 0 Å². The first-order valence-corrected chi connectivity index (χ1v) is 2.62. The Hall–Kier alpha value is -0.670. The number of allylic oxidation sites excluding steroid dienone is 1. The van der Waals surface area contributed by atoms with Crippen molar-refractivity contribution in [1.82, 2.24) is 5.32 Å². The summed E-state index contributed by atoms with van der Waals surface area (Å²) in [5, 5.41) is 2.23. The fraction of sp³-hybridized carbons (Fsp3) is 0.600. The van der Waals surface area contributed by atoms with Gasteiger partial charge in [0, 0.05) is 6.54 Å². The summed E-state index contributed by atoms with van der Waals surface area (Å²) in [5.41, 5.74) is -0.595. The zero-order valence-corrected chi connectivity index (χ0v) is 4.63. The summed E-state index contributed by atoms with van der Waals surface area (Å²) in [7, 11) is 0. The summed E-state index contributed by atoms with van der Waals surface area (Å²) < 4.78 is 34.9. The molecular weight excluding hydrogens is 131 g/mol. The maximum Gasteiger partial charge on any atom is 0.430 e. The Balaban J connectivity index is 2.61. The van der Waals surface area contributed by atoms with Crippen LogP contribution in [-0.2, 0) is 0 Å². The summed E-state index contributed by atoms with van der Waals surface area (Å²) >= 11 is 0. The molecule has 0 aromatic rings. The minimum absolute atomic E-state index is 0.412. The van der Waals surface area contributed by atoms with E-state index in [1.54, 1.807) is 0 Å². The Labute approximate surface area is 50.6 Å². The maximum atomic E-state index is 11.6. The molecule has 0 amide bonds. The molecule has 1 N–H and O–H groups in total. The maximum absolute atomic E-state index is 11.6. The fourth-order valence-electron chi connectivity index (χ4n) is 0.711. The standard InChI is InChI=1S/C5H6F3N/c6-5(7,8)4-2-1-3-9-4/h2,9H,1,3H2. The van der Waals surface area contributed by atoms with E-state index in [9.17, 15) is 13.2 Å². The number of hydrogen-bond donors (Lipinski definition) is 1. The lowest BCUT2D eigenvalue weighted by atomic mass is 10.4. The van der Waals surface area contributed by atoms with E-state index in [1.807, 2.05) is 0 Å². The normalized spacial score (nSPS) is 19.2. The number of halogens is 3. The van der Waals surface area contributed by atoms with E-state index in [2.05, 4.69) is 5.32 Å². The fourth-order valence-corrected chi connectivity index (χ4v) is 0.711. The molecule has 0 spiro atoms. The molecule has 0 saturated carbocycles. The molecule has 0 fully saturated rings. The molecule has 0 atom stereocenters. The average Bonchev–Trinajstić information content (AvgIpc) is 2.08. The van der Waals surface area contributed by atoms with Gasteiger partial charge in [0.25, 0.3) is 0 Å². The molecule has 0 aromatic heterocycles. The lowest BCUT2D eigenvalue weighted by molar-refractivity contribution is -0.0955. The molecule has 0 saturated heterocycles. The van der Waals surface area contributed by atoms with Crippen LogP contribution in [0.25, 0.3) is 0 Å². The number of rotatable bonds is 0. The van der Waals surface area contributed by atoms with Crippen LogP contribution in [0, 0.1) is 0 Å². The van der Waals surface area contributed by atoms with Crippen molar-refractivity contribution >= 4 is 0 Å². The van der Waals surface area contributed by atoms with E-state index in [0.29, 0.717) is 13.0 Å². The van der Waals surface area contributed by atoms with E-state index in [0.717, 1.165) is 0 Å². The second-order valence-electron chi connectivity index (χ2n) is 1.83. The van der Waals surface area contributed by atoms with Crippen molar-refractivity contribution in [3.8, 4) is 0 Å². The summed E-state index contributed by atoms with van der Waals surface area (Å²) in [4.78, 5) is 0. The first-order chi connectivity index (χ1) is 4.11. The Morgan fingerprint density at radius 3 is 2.33 bits per heavy atom. The molecule has 1 nitrogen and oxygen atoms in total. The first kappa shape index (κ1) is 6.45. The molecule has 1 heterocycles. The minimum atomic E-state index is -4.17. The topological polar surface area (TPSA) is 12.0 Å². The summed E-state index contributed by atoms with van der Waals surface area (Å²) in [6.07, 6.45) is -2.52. The van der Waals surface area contributed by atoms with Gasteiger partial charge in [-0.25, -0.2) is 0 Å². The molecule has 1 rings (SSSR count). The Morgan fingerprint density at radius 2 is 2.11 bits per heavy atom. The summed E-state index contributed by atoms with van der Waals surface area (Å²) in [5.74, 6) is 0. The van der Waals surface area contributed by atoms with Crippen molar-refractivity contribution in [3.63, 3.8) is 0 Å². The van der Waals surface area contributed by atoms with Gasteiger partial charge in [-0.1, -0.05) is 6.08 Å². The van der Waals surface area contributed by atoms with E-state index in [-0.39, 0.29) is 0 Å². The molecule has 0 aliphatic carbocycles. The van der Waals surface area contributed by atoms with Gasteiger partial charge in [0.1, 0.15) is 5.70 Å². The highest BCUT2D eigenvalue weighted by Crippen LogP contribution is 2.25. The Kier molecular flexibility index (Phi) is 1.38. The third-order valence-electron chi connectivity index (χ3n) is 1.11. The van der Waals surface area contributed by atoms with Crippen LogP contribution in [0.5, 0.6) is 0 Å². The molecule has 1 aliphatic heterocycles. The minimum Gasteiger partial charge on any atom is -0.381 e. The number of hydrogen-bond acceptors (Lipinski definition) is 1. The molecule has 0 radical (unpaired) electrons. The van der Waals surface area contributed by atoms with Crippen LogP contribution in [0.4, 0.5) is 13.2 Å². The summed E-state index contributed by atoms with van der Waals surface area (Å²) in [6, 6.07) is 0. The van der Waals surface area contributed by atoms with E-state index in [4.69, 9.17) is 0 Å². The average molecular weight is 137 g/mol. The van der Waals surface area contributed by atoms with Gasteiger partial charge >= 0.3 is 6.18 Å². The van der Waals surface area contributed by atoms with Gasteiger partial charge in [-0.3, -0.25) is 0 Å². The van der Waals surface area contributed by atoms with Gasteiger partial charge in [0.05, 0.1) is 0 Å². The van der Waals surface area contributed by atoms with Gasteiger partial charge in [0.15, 0.2) is 0 Å². The van der Waals surface area contributed by atoms with Crippen molar-refractivity contribution in [3.05, 3.63) is 11.8 Å². The second-order valence-corrected chi connectivity index (χ2v) is 1.83. The van der Waals surface area contributed by atoms with Crippen LogP contribution in [0.1, 0.15) is 6.42 Å². The van der Waals surface area contributed by atoms with Crippen molar-refractivity contribution < 1.29 is 13.2 Å². The quantitative estimate of drug-likeness (QED) is 0.532. The van der Waals surface area contributed by atoms with Gasteiger partial charge in [-0.05, 0) is 6.42 Å². The number of alkyl halides is 3. The van der Waals surface area contributed by atoms with Gasteiger partial charge in [0.2, 0.25) is 0 Å². The molecule has 52 valence electrons. The molecular formula is C5H6F3N. The third-order valence-corrected chi connectivity index (χ3v) is 1.11. The molecule has 1 aliphatic rings. The lowest BCUT2D eigenvalue weighted by Crippen LogP contribution is -2.22. The molecule has 0 aromatic carbocycles. The van der Waals surface area contributed by atoms with Crippen LogP contribution in [-0.4, -0.2) is 12.7 Å². The predicted octanol–water partition coefficient (Wildman–Crippen LogP) is 1.43. The SMILES string of the molecule is FC(F)(F)C1=CCCN1. The smallest absolute Gasteiger partial charge is 0.381 e. The van der Waals surface area contributed by atoms with Crippen LogP contribution in [0.2, 0.25) is 0 Å². The number of nitrogens with one attached hydrogen (secondary N) is 1. The highest BCUT2D eigenvalue weighted by molar-refractivity contribution is 5.11. The molecule has 0 bridgehead atoms. The van der Waals surface area contributed by atoms with E-state index < -0.39 is 11.9 Å². The zero-order chi connectivity index (χ0) is 6.91. The molecule has 0 unspecified atom stereocenters. The monoisotopic (exact) mass is 137 g/mol. The van der Waals surface area contributed by atoms with Crippen molar-refractivity contribution in [2.45, 2.75) is 12.6 Å². The van der Waals surface area contributed by atoms with Crippen LogP contribution in [0.3, 0.4) is 0 Å². The van der Waals surface area contributed by atoms with Crippen molar-refractivity contribution in [2.75, 3.05) is 6.54 Å². The second kappa shape index (κ2) is 1.93. The first-order valence-electron chi connectivity index (χ1n) is 2.62. The van der Waals surface area contributed by atoms with E-state index in [1.165, 1.54) is 6.08 Å². The molecule has 9 heavy (non-hydrogen) atoms. The summed E-state index contributed by atoms with van der Waals surface area (Å²) in [6.45, 7) is 0.412. The van der Waals surface area contributed by atoms with Gasteiger partial charge in [-0.2, -0.15) is 13.2 Å². The van der Waals surface area contributed by atoms with Crippen LogP contribution >= 0.6 is 0 Å². The highest BCUT2D eigenvalue weighted by atomic mass is 19.4. The highest BCUT2D eigenvalue weighted by Gasteiger charge is 2.34.